The first-order valence-electron chi connectivity index (χ1n) is 13.3. The van der Waals surface area contributed by atoms with Crippen LogP contribution in [0.1, 0.15) is 26.7 Å². The van der Waals surface area contributed by atoms with E-state index in [-0.39, 0.29) is 27.8 Å². The maximum atomic E-state index is 12.8. The van der Waals surface area contributed by atoms with Crippen LogP contribution in [0.2, 0.25) is 5.02 Å². The fourth-order valence-corrected chi connectivity index (χ4v) is 5.74. The van der Waals surface area contributed by atoms with E-state index >= 15 is 0 Å². The second-order valence-corrected chi connectivity index (χ2v) is 13.0. The number of ether oxygens (including phenoxy) is 1. The minimum Gasteiger partial charge on any atom is -0.489 e. The number of hydrogen-bond donors (Lipinski definition) is 2. The number of rotatable bonds is 10. The van der Waals surface area contributed by atoms with Gasteiger partial charge in [0.25, 0.3) is 0 Å². The molecule has 1 saturated heterocycles. The summed E-state index contributed by atoms with van der Waals surface area (Å²) >= 11 is 6.41. The average Bonchev–Trinajstić information content (AvgIpc) is 2.91. The zero-order chi connectivity index (χ0) is 29.0. The monoisotopic (exact) mass is 587 g/mol. The van der Waals surface area contributed by atoms with Gasteiger partial charge in [-0.3, -0.25) is 0 Å². The fraction of sp³-hybridized carbons (Fsp3) is 0.429. The number of halogens is 1. The molecule has 0 radical (unpaired) electrons. The molecule has 3 aromatic rings. The number of nitrogens with one attached hydrogen (secondary N) is 2. The molecule has 40 heavy (non-hydrogen) atoms. The molecule has 12 heteroatoms. The fourth-order valence-electron chi connectivity index (χ4n) is 4.56. The number of anilines is 5. The van der Waals surface area contributed by atoms with Gasteiger partial charge in [0.1, 0.15) is 15.7 Å². The summed E-state index contributed by atoms with van der Waals surface area (Å²) in [4.78, 5) is 13.7. The Morgan fingerprint density at radius 2 is 1.73 bits per heavy atom. The highest BCUT2D eigenvalue weighted by atomic mass is 35.5. The van der Waals surface area contributed by atoms with Gasteiger partial charge in [0.15, 0.2) is 5.82 Å². The van der Waals surface area contributed by atoms with Crippen molar-refractivity contribution in [3.05, 3.63) is 53.7 Å². The normalized spacial score (nSPS) is 14.7. The van der Waals surface area contributed by atoms with Crippen LogP contribution >= 0.6 is 11.6 Å². The highest BCUT2D eigenvalue weighted by molar-refractivity contribution is 7.89. The van der Waals surface area contributed by atoms with Crippen LogP contribution in [0.25, 0.3) is 0 Å². The lowest BCUT2D eigenvalue weighted by Crippen LogP contribution is -2.42. The largest absolute Gasteiger partial charge is 0.489 e. The maximum Gasteiger partial charge on any atom is 0.244 e. The first-order valence-corrected chi connectivity index (χ1v) is 15.1. The second kappa shape index (κ2) is 12.6. The minimum absolute atomic E-state index is 0.0335. The van der Waals surface area contributed by atoms with Gasteiger partial charge in [-0.05, 0) is 65.0 Å². The molecule has 0 amide bonds. The maximum absolute atomic E-state index is 12.8. The van der Waals surface area contributed by atoms with Crippen molar-refractivity contribution < 1.29 is 13.2 Å². The summed E-state index contributed by atoms with van der Waals surface area (Å²) < 4.78 is 33.0. The van der Waals surface area contributed by atoms with Crippen LogP contribution in [0.4, 0.5) is 28.8 Å². The topological polar surface area (TPSA) is 103 Å². The molecule has 0 atom stereocenters. The van der Waals surface area contributed by atoms with Gasteiger partial charge in [-0.15, -0.1) is 0 Å². The van der Waals surface area contributed by atoms with Gasteiger partial charge < -0.3 is 25.2 Å². The number of piperidine rings is 1. The zero-order valence-corrected chi connectivity index (χ0v) is 25.4. The van der Waals surface area contributed by atoms with Crippen molar-refractivity contribution in [1.82, 2.24) is 19.2 Å². The molecular formula is C28H38ClN7O3S. The molecule has 1 fully saturated rings. The molecule has 0 spiro atoms. The Balaban J connectivity index is 1.59. The standard InChI is InChI=1S/C28H38ClN7O3S/c1-19(2)39-25-17-21(36-15-13-20(14-16-36)34(3)4)11-12-23(25)32-28-30-18-22(29)27(33-28)31-24-9-7-8-10-26(24)40(37,38)35(5)6/h7-12,17-20H,13-16H2,1-6H3,(H2,30,31,32,33). The van der Waals surface area contributed by atoms with Gasteiger partial charge in [-0.1, -0.05) is 23.7 Å². The van der Waals surface area contributed by atoms with Crippen molar-refractivity contribution in [3.8, 4) is 5.75 Å². The van der Waals surface area contributed by atoms with Crippen LogP contribution in [0.15, 0.2) is 53.6 Å². The Morgan fingerprint density at radius 3 is 2.38 bits per heavy atom. The van der Waals surface area contributed by atoms with Crippen LogP contribution in [0.3, 0.4) is 0 Å². The highest BCUT2D eigenvalue weighted by Gasteiger charge is 2.23. The van der Waals surface area contributed by atoms with Crippen LogP contribution in [0.5, 0.6) is 5.75 Å². The van der Waals surface area contributed by atoms with Crippen molar-refractivity contribution >= 4 is 50.5 Å². The summed E-state index contributed by atoms with van der Waals surface area (Å²) in [6.45, 7) is 5.94. The van der Waals surface area contributed by atoms with Crippen LogP contribution in [-0.2, 0) is 10.0 Å². The SMILES string of the molecule is CC(C)Oc1cc(N2CCC(N(C)C)CC2)ccc1Nc1ncc(Cl)c(Nc2ccccc2S(=O)(=O)N(C)C)n1. The van der Waals surface area contributed by atoms with Gasteiger partial charge in [-0.25, -0.2) is 17.7 Å². The predicted octanol–water partition coefficient (Wildman–Crippen LogP) is 5.19. The summed E-state index contributed by atoms with van der Waals surface area (Å²) in [5.74, 6) is 1.25. The van der Waals surface area contributed by atoms with E-state index in [2.05, 4.69) is 56.6 Å². The lowest BCUT2D eigenvalue weighted by Gasteiger charge is -2.36. The first-order chi connectivity index (χ1) is 19.0. The minimum atomic E-state index is -3.69. The van der Waals surface area contributed by atoms with Gasteiger partial charge in [-0.2, -0.15) is 4.98 Å². The third-order valence-electron chi connectivity index (χ3n) is 6.78. The lowest BCUT2D eigenvalue weighted by atomic mass is 10.0. The van der Waals surface area contributed by atoms with E-state index in [0.29, 0.717) is 23.2 Å². The predicted molar refractivity (Wildman–Crippen MR) is 162 cm³/mol. The molecule has 1 aliphatic rings. The van der Waals surface area contributed by atoms with Crippen molar-refractivity contribution in [2.24, 2.45) is 0 Å². The molecule has 0 saturated carbocycles. The van der Waals surface area contributed by atoms with E-state index < -0.39 is 10.0 Å². The summed E-state index contributed by atoms with van der Waals surface area (Å²) in [5, 5.41) is 6.56. The van der Waals surface area contributed by atoms with E-state index in [0.717, 1.165) is 35.9 Å². The van der Waals surface area contributed by atoms with Crippen molar-refractivity contribution in [2.45, 2.75) is 43.7 Å². The van der Waals surface area contributed by atoms with Crippen LogP contribution in [-0.4, -0.2) is 81.0 Å². The smallest absolute Gasteiger partial charge is 0.244 e. The molecule has 0 unspecified atom stereocenters. The first kappa shape index (κ1) is 29.9. The van der Waals surface area contributed by atoms with Crippen molar-refractivity contribution in [2.75, 3.05) is 56.8 Å². The number of sulfonamides is 1. The summed E-state index contributed by atoms with van der Waals surface area (Å²) in [7, 11) is 3.56. The third-order valence-corrected chi connectivity index (χ3v) is 8.93. The Morgan fingerprint density at radius 1 is 1.02 bits per heavy atom. The quantitative estimate of drug-likeness (QED) is 0.332. The number of para-hydroxylation sites is 1. The number of hydrogen-bond acceptors (Lipinski definition) is 9. The number of benzene rings is 2. The Kier molecular flexibility index (Phi) is 9.40. The number of aromatic nitrogens is 2. The van der Waals surface area contributed by atoms with E-state index in [1.807, 2.05) is 19.9 Å². The third kappa shape index (κ3) is 6.95. The molecule has 0 bridgehead atoms. The summed E-state index contributed by atoms with van der Waals surface area (Å²) in [5.41, 5.74) is 2.18. The highest BCUT2D eigenvalue weighted by Crippen LogP contribution is 2.35. The number of nitrogens with zero attached hydrogens (tertiary/aromatic N) is 5. The van der Waals surface area contributed by atoms with Gasteiger partial charge in [0, 0.05) is 45.0 Å². The molecule has 10 nitrogen and oxygen atoms in total. The van der Waals surface area contributed by atoms with E-state index in [4.69, 9.17) is 16.3 Å². The van der Waals surface area contributed by atoms with Crippen molar-refractivity contribution in [1.29, 1.82) is 0 Å². The molecule has 2 aromatic carbocycles. The Bertz CT molecular complexity index is 1430. The van der Waals surface area contributed by atoms with Gasteiger partial charge in [0.05, 0.1) is 23.7 Å². The van der Waals surface area contributed by atoms with Gasteiger partial charge in [0.2, 0.25) is 16.0 Å². The van der Waals surface area contributed by atoms with E-state index in [1.165, 1.54) is 26.4 Å². The van der Waals surface area contributed by atoms with E-state index in [1.54, 1.807) is 18.2 Å². The summed E-state index contributed by atoms with van der Waals surface area (Å²) in [6, 6.07) is 13.3. The second-order valence-electron chi connectivity index (χ2n) is 10.5. The molecular weight excluding hydrogens is 550 g/mol. The molecule has 216 valence electrons. The lowest BCUT2D eigenvalue weighted by molar-refractivity contribution is 0.243. The van der Waals surface area contributed by atoms with Crippen LogP contribution in [0, 0.1) is 0 Å². The molecule has 0 aliphatic carbocycles. The average molecular weight is 588 g/mol. The Hall–Kier alpha value is -3.12. The molecule has 4 rings (SSSR count). The zero-order valence-electron chi connectivity index (χ0n) is 23.8. The molecule has 1 aromatic heterocycles. The van der Waals surface area contributed by atoms with E-state index in [9.17, 15) is 8.42 Å². The molecule has 2 N–H and O–H groups in total. The van der Waals surface area contributed by atoms with Crippen LogP contribution < -0.4 is 20.3 Å². The Labute approximate surface area is 242 Å². The van der Waals surface area contributed by atoms with Crippen molar-refractivity contribution in [3.63, 3.8) is 0 Å². The van der Waals surface area contributed by atoms with Gasteiger partial charge >= 0.3 is 0 Å². The summed E-state index contributed by atoms with van der Waals surface area (Å²) in [6.07, 6.45) is 3.66. The molecule has 1 aliphatic heterocycles. The molecule has 2 heterocycles.